The van der Waals surface area contributed by atoms with E-state index in [-0.39, 0.29) is 6.61 Å². The first-order chi connectivity index (χ1) is 12.3. The first kappa shape index (κ1) is 17.6. The van der Waals surface area contributed by atoms with Gasteiger partial charge in [-0.1, -0.05) is 30.3 Å². The molecular formula is C20H26N2O3. The van der Waals surface area contributed by atoms with Crippen LogP contribution < -0.4 is 14.4 Å². The smallest absolute Gasteiger partial charge is 0.161 e. The van der Waals surface area contributed by atoms with E-state index in [2.05, 4.69) is 34.1 Å². The van der Waals surface area contributed by atoms with E-state index in [1.54, 1.807) is 7.11 Å². The average Bonchev–Trinajstić information content (AvgIpc) is 2.68. The number of aliphatic hydroxyl groups is 1. The summed E-state index contributed by atoms with van der Waals surface area (Å²) in [5.74, 6) is 1.35. The fourth-order valence-electron chi connectivity index (χ4n) is 3.10. The highest BCUT2D eigenvalue weighted by Crippen LogP contribution is 2.25. The van der Waals surface area contributed by atoms with Gasteiger partial charge in [0, 0.05) is 38.4 Å². The molecule has 1 aliphatic rings. The van der Waals surface area contributed by atoms with Gasteiger partial charge in [0.15, 0.2) is 11.5 Å². The van der Waals surface area contributed by atoms with Crippen LogP contribution in [0.15, 0.2) is 54.6 Å². The maximum absolute atomic E-state index is 10.3. The van der Waals surface area contributed by atoms with Gasteiger partial charge >= 0.3 is 0 Å². The van der Waals surface area contributed by atoms with E-state index < -0.39 is 6.10 Å². The predicted molar refractivity (Wildman–Crippen MR) is 99.6 cm³/mol. The molecule has 0 amide bonds. The van der Waals surface area contributed by atoms with E-state index in [0.717, 1.165) is 26.2 Å². The van der Waals surface area contributed by atoms with Crippen LogP contribution in [-0.4, -0.2) is 62.6 Å². The first-order valence-electron chi connectivity index (χ1n) is 8.72. The zero-order valence-electron chi connectivity index (χ0n) is 14.7. The molecule has 0 spiro atoms. The molecule has 134 valence electrons. The third kappa shape index (κ3) is 4.87. The Morgan fingerprint density at radius 2 is 1.56 bits per heavy atom. The number of rotatable bonds is 7. The molecule has 5 heteroatoms. The second kappa shape index (κ2) is 8.74. The number of para-hydroxylation sites is 3. The van der Waals surface area contributed by atoms with E-state index in [1.165, 1.54) is 5.69 Å². The largest absolute Gasteiger partial charge is 0.493 e. The van der Waals surface area contributed by atoms with Gasteiger partial charge in [0.1, 0.15) is 12.7 Å². The summed E-state index contributed by atoms with van der Waals surface area (Å²) >= 11 is 0. The maximum Gasteiger partial charge on any atom is 0.161 e. The maximum atomic E-state index is 10.3. The van der Waals surface area contributed by atoms with Crippen LogP contribution in [0.2, 0.25) is 0 Å². The number of piperazine rings is 1. The van der Waals surface area contributed by atoms with Gasteiger partial charge in [-0.2, -0.15) is 0 Å². The first-order valence-corrected chi connectivity index (χ1v) is 8.72. The minimum Gasteiger partial charge on any atom is -0.493 e. The quantitative estimate of drug-likeness (QED) is 0.836. The molecule has 5 nitrogen and oxygen atoms in total. The summed E-state index contributed by atoms with van der Waals surface area (Å²) in [6.45, 7) is 4.73. The molecule has 1 unspecified atom stereocenters. The number of methoxy groups -OCH3 is 1. The van der Waals surface area contributed by atoms with Crippen LogP contribution in [0.3, 0.4) is 0 Å². The van der Waals surface area contributed by atoms with E-state index >= 15 is 0 Å². The van der Waals surface area contributed by atoms with Crippen LogP contribution in [0.1, 0.15) is 0 Å². The number of hydrogen-bond acceptors (Lipinski definition) is 5. The predicted octanol–water partition coefficient (Wildman–Crippen LogP) is 2.26. The Bertz CT molecular complexity index is 642. The molecule has 1 N–H and O–H groups in total. The zero-order valence-corrected chi connectivity index (χ0v) is 14.7. The topological polar surface area (TPSA) is 45.2 Å². The number of aliphatic hydroxyl groups excluding tert-OH is 1. The fourth-order valence-corrected chi connectivity index (χ4v) is 3.10. The summed E-state index contributed by atoms with van der Waals surface area (Å²) in [7, 11) is 1.62. The lowest BCUT2D eigenvalue weighted by molar-refractivity contribution is 0.0653. The Morgan fingerprint density at radius 1 is 0.920 bits per heavy atom. The highest BCUT2D eigenvalue weighted by atomic mass is 16.5. The van der Waals surface area contributed by atoms with E-state index in [0.29, 0.717) is 18.0 Å². The third-order valence-corrected chi connectivity index (χ3v) is 4.46. The molecule has 1 atom stereocenters. The van der Waals surface area contributed by atoms with Crippen molar-refractivity contribution in [1.82, 2.24) is 4.90 Å². The van der Waals surface area contributed by atoms with Gasteiger partial charge < -0.3 is 19.5 Å². The van der Waals surface area contributed by atoms with Crippen LogP contribution in [0.5, 0.6) is 11.5 Å². The lowest BCUT2D eigenvalue weighted by Gasteiger charge is -2.36. The van der Waals surface area contributed by atoms with Crippen molar-refractivity contribution in [3.63, 3.8) is 0 Å². The third-order valence-electron chi connectivity index (χ3n) is 4.46. The van der Waals surface area contributed by atoms with E-state index in [9.17, 15) is 5.11 Å². The molecule has 0 bridgehead atoms. The van der Waals surface area contributed by atoms with Gasteiger partial charge in [-0.05, 0) is 24.3 Å². The normalized spacial score (nSPS) is 16.5. The number of ether oxygens (including phenoxy) is 2. The summed E-state index contributed by atoms with van der Waals surface area (Å²) in [6, 6.07) is 18.0. The standard InChI is InChI=1S/C20H26N2O3/c1-24-19-9-5-6-10-20(19)25-16-18(23)15-21-11-13-22(14-12-21)17-7-3-2-4-8-17/h2-10,18,23H,11-16H2,1H3. The van der Waals surface area contributed by atoms with Gasteiger partial charge in [0.05, 0.1) is 7.11 Å². The molecule has 0 saturated carbocycles. The van der Waals surface area contributed by atoms with Crippen molar-refractivity contribution < 1.29 is 14.6 Å². The van der Waals surface area contributed by atoms with E-state index in [1.807, 2.05) is 30.3 Å². The van der Waals surface area contributed by atoms with Gasteiger partial charge in [0.2, 0.25) is 0 Å². The number of hydrogen-bond donors (Lipinski definition) is 1. The summed E-state index contributed by atoms with van der Waals surface area (Å²) in [5.41, 5.74) is 1.27. The van der Waals surface area contributed by atoms with Crippen molar-refractivity contribution in [2.45, 2.75) is 6.10 Å². The van der Waals surface area contributed by atoms with E-state index in [4.69, 9.17) is 9.47 Å². The molecule has 1 fully saturated rings. The number of benzene rings is 2. The molecular weight excluding hydrogens is 316 g/mol. The number of anilines is 1. The minimum absolute atomic E-state index is 0.263. The van der Waals surface area contributed by atoms with Crippen LogP contribution in [0, 0.1) is 0 Å². The summed E-state index contributed by atoms with van der Waals surface area (Å²) in [6.07, 6.45) is -0.520. The monoisotopic (exact) mass is 342 g/mol. The second-order valence-electron chi connectivity index (χ2n) is 6.24. The Labute approximate surface area is 149 Å². The zero-order chi connectivity index (χ0) is 17.5. The van der Waals surface area contributed by atoms with Gasteiger partial charge in [0.25, 0.3) is 0 Å². The molecule has 1 heterocycles. The van der Waals surface area contributed by atoms with Crippen molar-refractivity contribution in [2.24, 2.45) is 0 Å². The highest BCUT2D eigenvalue weighted by molar-refractivity contribution is 5.46. The van der Waals surface area contributed by atoms with Crippen LogP contribution >= 0.6 is 0 Å². The van der Waals surface area contributed by atoms with Crippen molar-refractivity contribution in [3.8, 4) is 11.5 Å². The Kier molecular flexibility index (Phi) is 6.14. The molecule has 1 aliphatic heterocycles. The van der Waals surface area contributed by atoms with Gasteiger partial charge in [-0.3, -0.25) is 4.90 Å². The summed E-state index contributed by atoms with van der Waals surface area (Å²) in [4.78, 5) is 4.67. The SMILES string of the molecule is COc1ccccc1OCC(O)CN1CCN(c2ccccc2)CC1. The highest BCUT2D eigenvalue weighted by Gasteiger charge is 2.19. The summed E-state index contributed by atoms with van der Waals surface area (Å²) < 4.78 is 11.0. The fraction of sp³-hybridized carbons (Fsp3) is 0.400. The van der Waals surface area contributed by atoms with Crippen LogP contribution in [0.25, 0.3) is 0 Å². The summed E-state index contributed by atoms with van der Waals surface area (Å²) in [5, 5.41) is 10.3. The molecule has 0 aliphatic carbocycles. The molecule has 2 aromatic rings. The van der Waals surface area contributed by atoms with Gasteiger partial charge in [-0.25, -0.2) is 0 Å². The average molecular weight is 342 g/mol. The molecule has 0 aromatic heterocycles. The van der Waals surface area contributed by atoms with Crippen molar-refractivity contribution in [1.29, 1.82) is 0 Å². The molecule has 1 saturated heterocycles. The minimum atomic E-state index is -0.520. The number of β-amino-alcohol motifs (C(OH)–C–C–N with tert-alkyl or cyclic N) is 1. The van der Waals surface area contributed by atoms with Crippen LogP contribution in [0.4, 0.5) is 5.69 Å². The second-order valence-corrected chi connectivity index (χ2v) is 6.24. The Balaban J connectivity index is 1.43. The number of nitrogens with zero attached hydrogens (tertiary/aromatic N) is 2. The Morgan fingerprint density at radius 3 is 2.24 bits per heavy atom. The Hall–Kier alpha value is -2.24. The molecule has 3 rings (SSSR count). The molecule has 2 aromatic carbocycles. The van der Waals surface area contributed by atoms with Crippen molar-refractivity contribution >= 4 is 5.69 Å². The van der Waals surface area contributed by atoms with Crippen LogP contribution in [-0.2, 0) is 0 Å². The lowest BCUT2D eigenvalue weighted by Crippen LogP contribution is -2.49. The molecule has 25 heavy (non-hydrogen) atoms. The van der Waals surface area contributed by atoms with Crippen molar-refractivity contribution in [2.75, 3.05) is 51.3 Å². The molecule has 0 radical (unpaired) electrons. The van der Waals surface area contributed by atoms with Crippen molar-refractivity contribution in [3.05, 3.63) is 54.6 Å². The lowest BCUT2D eigenvalue weighted by atomic mass is 10.2. The van der Waals surface area contributed by atoms with Gasteiger partial charge in [-0.15, -0.1) is 0 Å².